The van der Waals surface area contributed by atoms with E-state index in [-0.39, 0.29) is 23.6 Å². The lowest BCUT2D eigenvalue weighted by Crippen LogP contribution is -2.26. The van der Waals surface area contributed by atoms with Crippen molar-refractivity contribution in [1.82, 2.24) is 4.72 Å². The van der Waals surface area contributed by atoms with Gasteiger partial charge in [0.15, 0.2) is 0 Å². The maximum absolute atomic E-state index is 11.9. The van der Waals surface area contributed by atoms with E-state index in [1.807, 2.05) is 0 Å². The number of ether oxygens (including phenoxy) is 2. The summed E-state index contributed by atoms with van der Waals surface area (Å²) in [6.07, 6.45) is -0.0229. The topological polar surface area (TPSA) is 81.7 Å². The number of carbonyl (C=O) groups excluding carboxylic acids is 1. The largest absolute Gasteiger partial charge is 0.495 e. The maximum atomic E-state index is 11.9. The van der Waals surface area contributed by atoms with Gasteiger partial charge >= 0.3 is 5.97 Å². The molecule has 0 amide bonds. The monoisotopic (exact) mass is 273 g/mol. The Morgan fingerprint density at radius 3 is 2.56 bits per heavy atom. The molecule has 0 unspecified atom stereocenters. The first-order chi connectivity index (χ1) is 8.51. The molecule has 0 spiro atoms. The van der Waals surface area contributed by atoms with Gasteiger partial charge in [0.2, 0.25) is 10.0 Å². The number of carbonyl (C=O) groups is 1. The van der Waals surface area contributed by atoms with Crippen LogP contribution in [-0.4, -0.2) is 35.2 Å². The Kier molecular flexibility index (Phi) is 5.11. The lowest BCUT2D eigenvalue weighted by Gasteiger charge is -2.09. The van der Waals surface area contributed by atoms with Gasteiger partial charge in [0.1, 0.15) is 10.6 Å². The van der Waals surface area contributed by atoms with E-state index in [2.05, 4.69) is 9.46 Å². The highest BCUT2D eigenvalue weighted by atomic mass is 32.2. The lowest BCUT2D eigenvalue weighted by molar-refractivity contribution is -0.140. The molecule has 1 N–H and O–H groups in total. The number of benzene rings is 1. The van der Waals surface area contributed by atoms with Gasteiger partial charge in [-0.2, -0.15) is 0 Å². The fourth-order valence-corrected chi connectivity index (χ4v) is 2.51. The molecule has 0 bridgehead atoms. The zero-order valence-electron chi connectivity index (χ0n) is 10.2. The SMILES string of the molecule is COC(=O)CCNS(=O)(=O)c1ccccc1OC. The Balaban J connectivity index is 2.77. The summed E-state index contributed by atoms with van der Waals surface area (Å²) in [5.74, 6) is -0.221. The van der Waals surface area contributed by atoms with Crippen molar-refractivity contribution in [3.8, 4) is 5.75 Å². The van der Waals surface area contributed by atoms with Crippen LogP contribution >= 0.6 is 0 Å². The number of para-hydroxylation sites is 1. The molecule has 0 fully saturated rings. The fraction of sp³-hybridized carbons (Fsp3) is 0.364. The van der Waals surface area contributed by atoms with Crippen molar-refractivity contribution >= 4 is 16.0 Å². The zero-order valence-corrected chi connectivity index (χ0v) is 11.0. The van der Waals surface area contributed by atoms with Crippen molar-refractivity contribution in [3.63, 3.8) is 0 Å². The first-order valence-electron chi connectivity index (χ1n) is 5.20. The summed E-state index contributed by atoms with van der Waals surface area (Å²) >= 11 is 0. The molecule has 0 aromatic heterocycles. The van der Waals surface area contributed by atoms with Gasteiger partial charge in [0.25, 0.3) is 0 Å². The van der Waals surface area contributed by atoms with Gasteiger partial charge < -0.3 is 9.47 Å². The molecule has 0 atom stereocenters. The van der Waals surface area contributed by atoms with Crippen molar-refractivity contribution in [2.45, 2.75) is 11.3 Å². The predicted octanol–water partition coefficient (Wildman–Crippen LogP) is 0.537. The van der Waals surface area contributed by atoms with Crippen molar-refractivity contribution in [2.75, 3.05) is 20.8 Å². The average molecular weight is 273 g/mol. The minimum absolute atomic E-state index is 0.0208. The molecule has 6 nitrogen and oxygen atoms in total. The third-order valence-corrected chi connectivity index (χ3v) is 3.71. The van der Waals surface area contributed by atoms with Crippen LogP contribution in [0.25, 0.3) is 0 Å². The smallest absolute Gasteiger partial charge is 0.306 e. The number of nitrogens with one attached hydrogen (secondary N) is 1. The van der Waals surface area contributed by atoms with Crippen LogP contribution in [0, 0.1) is 0 Å². The van der Waals surface area contributed by atoms with E-state index in [4.69, 9.17) is 4.74 Å². The first-order valence-corrected chi connectivity index (χ1v) is 6.69. The van der Waals surface area contributed by atoms with Crippen LogP contribution in [0.1, 0.15) is 6.42 Å². The number of hydrogen-bond acceptors (Lipinski definition) is 5. The second-order valence-corrected chi connectivity index (χ2v) is 5.11. The summed E-state index contributed by atoms with van der Waals surface area (Å²) < 4.78 is 35.6. The number of rotatable bonds is 6. The Hall–Kier alpha value is -1.60. The molecule has 1 aromatic rings. The van der Waals surface area contributed by atoms with E-state index >= 15 is 0 Å². The Morgan fingerprint density at radius 2 is 1.94 bits per heavy atom. The second kappa shape index (κ2) is 6.36. The van der Waals surface area contributed by atoms with Crippen LogP contribution in [0.3, 0.4) is 0 Å². The summed E-state index contributed by atoms with van der Waals surface area (Å²) in [5.41, 5.74) is 0. The van der Waals surface area contributed by atoms with Crippen molar-refractivity contribution in [3.05, 3.63) is 24.3 Å². The number of hydrogen-bond donors (Lipinski definition) is 1. The summed E-state index contributed by atoms with van der Waals surface area (Å²) in [6.45, 7) is -0.0208. The van der Waals surface area contributed by atoms with Crippen molar-refractivity contribution in [1.29, 1.82) is 0 Å². The molecule has 0 aliphatic rings. The average Bonchev–Trinajstić information content (AvgIpc) is 2.38. The molecular formula is C11H15NO5S. The summed E-state index contributed by atoms with van der Waals surface area (Å²) in [5, 5.41) is 0. The molecule has 7 heteroatoms. The third-order valence-electron chi connectivity index (χ3n) is 2.21. The van der Waals surface area contributed by atoms with Gasteiger partial charge in [-0.1, -0.05) is 12.1 Å². The normalized spacial score (nSPS) is 11.0. The quantitative estimate of drug-likeness (QED) is 0.765. The molecule has 0 radical (unpaired) electrons. The van der Waals surface area contributed by atoms with Crippen molar-refractivity contribution in [2.24, 2.45) is 0 Å². The standard InChI is InChI=1S/C11H15NO5S/c1-16-9-5-3-4-6-10(9)18(14,15)12-8-7-11(13)17-2/h3-6,12H,7-8H2,1-2H3. The molecule has 0 saturated heterocycles. The first kappa shape index (κ1) is 14.5. The van der Waals surface area contributed by atoms with E-state index in [1.165, 1.54) is 20.3 Å². The Labute approximate surface area is 106 Å². The number of sulfonamides is 1. The van der Waals surface area contributed by atoms with E-state index in [0.29, 0.717) is 0 Å². The predicted molar refractivity (Wildman–Crippen MR) is 64.8 cm³/mol. The minimum Gasteiger partial charge on any atom is -0.495 e. The maximum Gasteiger partial charge on any atom is 0.306 e. The highest BCUT2D eigenvalue weighted by molar-refractivity contribution is 7.89. The van der Waals surface area contributed by atoms with Gasteiger partial charge in [0.05, 0.1) is 20.6 Å². The number of methoxy groups -OCH3 is 2. The molecule has 100 valence electrons. The van der Waals surface area contributed by atoms with E-state index in [1.54, 1.807) is 18.2 Å². The van der Waals surface area contributed by atoms with E-state index < -0.39 is 16.0 Å². The molecule has 0 aliphatic carbocycles. The van der Waals surface area contributed by atoms with Crippen molar-refractivity contribution < 1.29 is 22.7 Å². The van der Waals surface area contributed by atoms with Crippen LogP contribution in [0.15, 0.2) is 29.2 Å². The van der Waals surface area contributed by atoms with Crippen LogP contribution < -0.4 is 9.46 Å². The molecule has 1 aromatic carbocycles. The minimum atomic E-state index is -3.69. The second-order valence-electron chi connectivity index (χ2n) is 3.37. The van der Waals surface area contributed by atoms with Gasteiger partial charge in [-0.15, -0.1) is 0 Å². The van der Waals surface area contributed by atoms with Crippen LogP contribution in [-0.2, 0) is 19.6 Å². The fourth-order valence-electron chi connectivity index (χ4n) is 1.31. The van der Waals surface area contributed by atoms with Crippen LogP contribution in [0.4, 0.5) is 0 Å². The molecule has 0 heterocycles. The highest BCUT2D eigenvalue weighted by Gasteiger charge is 2.18. The molecule has 18 heavy (non-hydrogen) atoms. The third kappa shape index (κ3) is 3.71. The molecule has 1 rings (SSSR count). The molecular weight excluding hydrogens is 258 g/mol. The van der Waals surface area contributed by atoms with Gasteiger partial charge in [0, 0.05) is 6.54 Å². The Morgan fingerprint density at radius 1 is 1.28 bits per heavy atom. The van der Waals surface area contributed by atoms with Crippen LogP contribution in [0.2, 0.25) is 0 Å². The summed E-state index contributed by atoms with van der Waals surface area (Å²) in [7, 11) is -1.05. The number of esters is 1. The summed E-state index contributed by atoms with van der Waals surface area (Å²) in [4.78, 5) is 10.9. The van der Waals surface area contributed by atoms with E-state index in [0.717, 1.165) is 0 Å². The molecule has 0 aliphatic heterocycles. The Bertz CT molecular complexity index is 512. The van der Waals surface area contributed by atoms with Crippen LogP contribution in [0.5, 0.6) is 5.75 Å². The lowest BCUT2D eigenvalue weighted by atomic mass is 10.3. The van der Waals surface area contributed by atoms with Gasteiger partial charge in [-0.25, -0.2) is 13.1 Å². The van der Waals surface area contributed by atoms with E-state index in [9.17, 15) is 13.2 Å². The zero-order chi connectivity index (χ0) is 13.6. The summed E-state index contributed by atoms with van der Waals surface area (Å²) in [6, 6.07) is 6.25. The van der Waals surface area contributed by atoms with Gasteiger partial charge in [-0.3, -0.25) is 4.79 Å². The van der Waals surface area contributed by atoms with Gasteiger partial charge in [-0.05, 0) is 12.1 Å². The highest BCUT2D eigenvalue weighted by Crippen LogP contribution is 2.22. The molecule has 0 saturated carbocycles.